The van der Waals surface area contributed by atoms with Crippen molar-refractivity contribution in [1.29, 1.82) is 0 Å². The van der Waals surface area contributed by atoms with Crippen molar-refractivity contribution in [3.63, 3.8) is 0 Å². The number of carbonyl (C=O) groups is 1. The second kappa shape index (κ2) is 6.20. The van der Waals surface area contributed by atoms with Crippen molar-refractivity contribution in [3.8, 4) is 0 Å². The summed E-state index contributed by atoms with van der Waals surface area (Å²) in [5.74, 6) is -2.13. The summed E-state index contributed by atoms with van der Waals surface area (Å²) in [7, 11) is 0. The summed E-state index contributed by atoms with van der Waals surface area (Å²) in [5, 5.41) is 8.08. The number of hydrogen-bond acceptors (Lipinski definition) is 3. The van der Waals surface area contributed by atoms with Crippen molar-refractivity contribution in [2.45, 2.75) is 25.6 Å². The van der Waals surface area contributed by atoms with E-state index in [0.29, 0.717) is 13.1 Å². The fourth-order valence-corrected chi connectivity index (χ4v) is 1.89. The molecule has 0 bridgehead atoms. The Hall–Kier alpha value is -0.820. The summed E-state index contributed by atoms with van der Waals surface area (Å²) >= 11 is 0. The Morgan fingerprint density at radius 2 is 2.12 bits per heavy atom. The number of hydrogen-bond donors (Lipinski definition) is 3. The monoisotopic (exact) mass is 253 g/mol. The van der Waals surface area contributed by atoms with Gasteiger partial charge in [0.2, 0.25) is 5.91 Å². The van der Waals surface area contributed by atoms with Crippen LogP contribution >= 0.6 is 0 Å². The predicted molar refractivity (Wildman–Crippen MR) is 57.5 cm³/mol. The third-order valence-electron chi connectivity index (χ3n) is 2.78. The van der Waals surface area contributed by atoms with E-state index in [9.17, 15) is 18.0 Å². The molecule has 1 rings (SSSR count). The molecule has 1 aliphatic rings. The smallest absolute Gasteiger partial charge is 0.353 e. The van der Waals surface area contributed by atoms with Crippen molar-refractivity contribution >= 4 is 5.91 Å². The Morgan fingerprint density at radius 1 is 1.41 bits per heavy atom. The fraction of sp³-hybridized carbons (Fsp3) is 0.900. The van der Waals surface area contributed by atoms with Gasteiger partial charge in [-0.2, -0.15) is 13.2 Å². The molecular formula is C10H18F3N3O. The molecule has 0 radical (unpaired) electrons. The van der Waals surface area contributed by atoms with E-state index in [2.05, 4.69) is 16.0 Å². The Labute approximate surface area is 98.3 Å². The van der Waals surface area contributed by atoms with E-state index in [-0.39, 0.29) is 13.0 Å². The van der Waals surface area contributed by atoms with E-state index < -0.39 is 24.0 Å². The van der Waals surface area contributed by atoms with E-state index in [1.165, 1.54) is 0 Å². The second-order valence-corrected chi connectivity index (χ2v) is 4.01. The lowest BCUT2D eigenvalue weighted by atomic mass is 9.99. The highest BCUT2D eigenvalue weighted by atomic mass is 19.4. The summed E-state index contributed by atoms with van der Waals surface area (Å²) in [6.07, 6.45) is -4.35. The number of halogens is 3. The highest BCUT2D eigenvalue weighted by Crippen LogP contribution is 2.34. The van der Waals surface area contributed by atoms with Gasteiger partial charge in [-0.15, -0.1) is 0 Å². The fourth-order valence-electron chi connectivity index (χ4n) is 1.89. The van der Waals surface area contributed by atoms with Gasteiger partial charge in [-0.25, -0.2) is 0 Å². The van der Waals surface area contributed by atoms with Crippen LogP contribution in [0.15, 0.2) is 0 Å². The summed E-state index contributed by atoms with van der Waals surface area (Å²) < 4.78 is 37.7. The number of amides is 1. The molecular weight excluding hydrogens is 235 g/mol. The third kappa shape index (κ3) is 4.16. The van der Waals surface area contributed by atoms with Gasteiger partial charge >= 0.3 is 6.18 Å². The lowest BCUT2D eigenvalue weighted by Crippen LogP contribution is -2.48. The van der Waals surface area contributed by atoms with Gasteiger partial charge in [-0.3, -0.25) is 4.79 Å². The van der Waals surface area contributed by atoms with Gasteiger partial charge in [0.25, 0.3) is 0 Å². The number of carbonyl (C=O) groups excluding carboxylic acids is 1. The first-order chi connectivity index (χ1) is 7.96. The zero-order valence-electron chi connectivity index (χ0n) is 9.73. The van der Waals surface area contributed by atoms with Crippen LogP contribution in [0.1, 0.15) is 13.3 Å². The largest absolute Gasteiger partial charge is 0.393 e. The van der Waals surface area contributed by atoms with Crippen molar-refractivity contribution < 1.29 is 18.0 Å². The third-order valence-corrected chi connectivity index (χ3v) is 2.78. The van der Waals surface area contributed by atoms with Gasteiger partial charge in [0, 0.05) is 13.1 Å². The van der Waals surface area contributed by atoms with Crippen molar-refractivity contribution in [3.05, 3.63) is 0 Å². The van der Waals surface area contributed by atoms with Crippen LogP contribution in [0, 0.1) is 5.92 Å². The highest BCUT2D eigenvalue weighted by molar-refractivity contribution is 5.82. The van der Waals surface area contributed by atoms with Gasteiger partial charge in [0.1, 0.15) is 0 Å². The first-order valence-electron chi connectivity index (χ1n) is 5.75. The number of rotatable bonds is 5. The van der Waals surface area contributed by atoms with Gasteiger partial charge in [0.05, 0.1) is 12.0 Å². The molecule has 4 nitrogen and oxygen atoms in total. The quantitative estimate of drug-likeness (QED) is 0.616. The number of nitrogens with one attached hydrogen (secondary N) is 3. The molecule has 0 saturated carbocycles. The van der Waals surface area contributed by atoms with E-state index in [1.54, 1.807) is 0 Å². The molecule has 0 aliphatic carbocycles. The van der Waals surface area contributed by atoms with E-state index in [1.807, 2.05) is 6.92 Å². The molecule has 1 amide bonds. The maximum absolute atomic E-state index is 12.6. The normalized spacial score (nSPS) is 24.9. The number of likely N-dealkylation sites (N-methyl/N-ethyl adjacent to an activating group) is 1. The molecule has 0 aromatic rings. The van der Waals surface area contributed by atoms with E-state index >= 15 is 0 Å². The van der Waals surface area contributed by atoms with Crippen LogP contribution in [0.25, 0.3) is 0 Å². The van der Waals surface area contributed by atoms with Crippen LogP contribution in [-0.2, 0) is 4.79 Å². The number of alkyl halides is 3. The van der Waals surface area contributed by atoms with Gasteiger partial charge in [-0.05, 0) is 19.5 Å². The average Bonchev–Trinajstić information content (AvgIpc) is 2.72. The van der Waals surface area contributed by atoms with Gasteiger partial charge in [-0.1, -0.05) is 6.92 Å². The first-order valence-corrected chi connectivity index (χ1v) is 5.75. The predicted octanol–water partition coefficient (Wildman–Crippen LogP) is 0.253. The molecule has 1 saturated heterocycles. The average molecular weight is 253 g/mol. The second-order valence-electron chi connectivity index (χ2n) is 4.01. The molecule has 3 N–H and O–H groups in total. The Balaban J connectivity index is 2.40. The zero-order chi connectivity index (χ0) is 12.9. The van der Waals surface area contributed by atoms with Crippen LogP contribution in [0.4, 0.5) is 13.2 Å². The molecule has 17 heavy (non-hydrogen) atoms. The van der Waals surface area contributed by atoms with E-state index in [4.69, 9.17) is 0 Å². The van der Waals surface area contributed by atoms with Crippen LogP contribution in [0.3, 0.4) is 0 Å². The minimum atomic E-state index is -4.31. The SMILES string of the molecule is CCNCCNC(=O)[C@H]1NCC[C@@H]1C(F)(F)F. The molecule has 100 valence electrons. The first kappa shape index (κ1) is 14.2. The topological polar surface area (TPSA) is 53.2 Å². The summed E-state index contributed by atoms with van der Waals surface area (Å²) in [6, 6.07) is -1.14. The molecule has 1 aliphatic heterocycles. The van der Waals surface area contributed by atoms with Crippen molar-refractivity contribution in [1.82, 2.24) is 16.0 Å². The van der Waals surface area contributed by atoms with Crippen LogP contribution in [-0.4, -0.2) is 44.3 Å². The Bertz CT molecular complexity index is 258. The van der Waals surface area contributed by atoms with Crippen LogP contribution in [0.2, 0.25) is 0 Å². The lowest BCUT2D eigenvalue weighted by Gasteiger charge is -2.21. The lowest BCUT2D eigenvalue weighted by molar-refractivity contribution is -0.179. The molecule has 1 fully saturated rings. The summed E-state index contributed by atoms with van der Waals surface area (Å²) in [4.78, 5) is 11.6. The molecule has 2 atom stereocenters. The molecule has 1 heterocycles. The zero-order valence-corrected chi connectivity index (χ0v) is 9.73. The minimum Gasteiger partial charge on any atom is -0.353 e. The maximum atomic E-state index is 12.6. The Morgan fingerprint density at radius 3 is 2.71 bits per heavy atom. The molecule has 0 unspecified atom stereocenters. The molecule has 7 heteroatoms. The van der Waals surface area contributed by atoms with Gasteiger partial charge in [0.15, 0.2) is 0 Å². The standard InChI is InChI=1S/C10H18F3N3O/c1-2-14-5-6-16-9(17)8-7(3-4-15-8)10(11,12)13/h7-8,14-15H,2-6H2,1H3,(H,16,17)/t7-,8-/m0/s1. The summed E-state index contributed by atoms with van der Waals surface area (Å²) in [5.41, 5.74) is 0. The minimum absolute atomic E-state index is 0.0329. The summed E-state index contributed by atoms with van der Waals surface area (Å²) in [6.45, 7) is 3.82. The van der Waals surface area contributed by atoms with Crippen molar-refractivity contribution in [2.24, 2.45) is 5.92 Å². The maximum Gasteiger partial charge on any atom is 0.393 e. The van der Waals surface area contributed by atoms with Crippen LogP contribution < -0.4 is 16.0 Å². The molecule has 0 aromatic heterocycles. The molecule has 0 spiro atoms. The highest BCUT2D eigenvalue weighted by Gasteiger charge is 2.49. The van der Waals surface area contributed by atoms with E-state index in [0.717, 1.165) is 6.54 Å². The van der Waals surface area contributed by atoms with Crippen molar-refractivity contribution in [2.75, 3.05) is 26.2 Å². The van der Waals surface area contributed by atoms with Crippen LogP contribution in [0.5, 0.6) is 0 Å². The Kier molecular flexibility index (Phi) is 5.20. The van der Waals surface area contributed by atoms with Gasteiger partial charge < -0.3 is 16.0 Å². The molecule has 0 aromatic carbocycles.